The Morgan fingerprint density at radius 1 is 1.67 bits per heavy atom. The molecule has 0 bridgehead atoms. The lowest BCUT2D eigenvalue weighted by molar-refractivity contribution is 0.125. The van der Waals surface area contributed by atoms with Gasteiger partial charge in [0.1, 0.15) is 12.7 Å². The fourth-order valence-electron chi connectivity index (χ4n) is 1.67. The molecule has 0 saturated carbocycles. The van der Waals surface area contributed by atoms with Crippen molar-refractivity contribution >= 4 is 6.09 Å². The van der Waals surface area contributed by atoms with Crippen LogP contribution >= 0.6 is 0 Å². The Bertz CT molecular complexity index is 326. The third-order valence-corrected chi connectivity index (χ3v) is 2.40. The van der Waals surface area contributed by atoms with E-state index in [1.54, 1.807) is 11.0 Å². The van der Waals surface area contributed by atoms with Crippen LogP contribution in [-0.4, -0.2) is 56.5 Å². The van der Waals surface area contributed by atoms with Gasteiger partial charge in [-0.3, -0.25) is 4.68 Å². The minimum atomic E-state index is -0.861. The topological polar surface area (TPSA) is 83.3 Å². The first-order chi connectivity index (χ1) is 7.25. The highest BCUT2D eigenvalue weighted by molar-refractivity contribution is 5.65. The van der Waals surface area contributed by atoms with Crippen molar-refractivity contribution in [1.82, 2.24) is 25.0 Å². The summed E-state index contributed by atoms with van der Waals surface area (Å²) in [7, 11) is 0. The van der Waals surface area contributed by atoms with Crippen molar-refractivity contribution < 1.29 is 9.90 Å². The van der Waals surface area contributed by atoms with Crippen LogP contribution in [0, 0.1) is 0 Å². The van der Waals surface area contributed by atoms with Crippen LogP contribution in [0.5, 0.6) is 0 Å². The molecule has 7 heteroatoms. The lowest BCUT2D eigenvalue weighted by atomic mass is 10.2. The highest BCUT2D eigenvalue weighted by Crippen LogP contribution is 2.01. The monoisotopic (exact) mass is 211 g/mol. The van der Waals surface area contributed by atoms with Crippen LogP contribution in [0.3, 0.4) is 0 Å². The summed E-state index contributed by atoms with van der Waals surface area (Å²) in [5.74, 6) is 0. The number of piperazine rings is 1. The average Bonchev–Trinajstić information content (AvgIpc) is 2.71. The molecule has 0 radical (unpaired) electrons. The van der Waals surface area contributed by atoms with E-state index in [1.807, 2.05) is 0 Å². The number of nitrogens with zero attached hydrogens (tertiary/aromatic N) is 4. The lowest BCUT2D eigenvalue weighted by Crippen LogP contribution is -2.53. The maximum atomic E-state index is 10.8. The van der Waals surface area contributed by atoms with Crippen molar-refractivity contribution in [2.24, 2.45) is 0 Å². The van der Waals surface area contributed by atoms with Crippen LogP contribution in [0.2, 0.25) is 0 Å². The standard InChI is InChI=1S/C8H13N5O2/c14-8(15)12-2-1-10-7(3-12)4-13-6-9-5-11-13/h5-7,10H,1-4H2,(H,14,15). The molecule has 2 N–H and O–H groups in total. The zero-order chi connectivity index (χ0) is 10.7. The van der Waals surface area contributed by atoms with Crippen molar-refractivity contribution in [3.05, 3.63) is 12.7 Å². The van der Waals surface area contributed by atoms with Crippen molar-refractivity contribution in [3.8, 4) is 0 Å². The van der Waals surface area contributed by atoms with E-state index >= 15 is 0 Å². The van der Waals surface area contributed by atoms with Crippen LogP contribution in [0.1, 0.15) is 0 Å². The minimum absolute atomic E-state index is 0.108. The minimum Gasteiger partial charge on any atom is -0.465 e. The van der Waals surface area contributed by atoms with Gasteiger partial charge in [-0.15, -0.1) is 0 Å². The molecular formula is C8H13N5O2. The smallest absolute Gasteiger partial charge is 0.407 e. The molecule has 1 saturated heterocycles. The van der Waals surface area contributed by atoms with Crippen LogP contribution in [0.25, 0.3) is 0 Å². The number of aromatic nitrogens is 3. The summed E-state index contributed by atoms with van der Waals surface area (Å²) in [5.41, 5.74) is 0. The van der Waals surface area contributed by atoms with Gasteiger partial charge in [-0.25, -0.2) is 9.78 Å². The van der Waals surface area contributed by atoms with E-state index in [0.717, 1.165) is 0 Å². The first kappa shape index (κ1) is 9.91. The number of hydrogen-bond donors (Lipinski definition) is 2. The molecule has 15 heavy (non-hydrogen) atoms. The third-order valence-electron chi connectivity index (χ3n) is 2.40. The zero-order valence-electron chi connectivity index (χ0n) is 8.20. The molecule has 1 aliphatic rings. The second kappa shape index (κ2) is 4.26. The lowest BCUT2D eigenvalue weighted by Gasteiger charge is -2.31. The largest absolute Gasteiger partial charge is 0.465 e. The first-order valence-corrected chi connectivity index (χ1v) is 4.79. The summed E-state index contributed by atoms with van der Waals surface area (Å²) in [5, 5.41) is 16.1. The summed E-state index contributed by atoms with van der Waals surface area (Å²) >= 11 is 0. The summed E-state index contributed by atoms with van der Waals surface area (Å²) < 4.78 is 1.70. The maximum Gasteiger partial charge on any atom is 0.407 e. The van der Waals surface area contributed by atoms with E-state index in [9.17, 15) is 4.79 Å². The predicted octanol–water partition coefficient (Wildman–Crippen LogP) is -0.770. The van der Waals surface area contributed by atoms with E-state index in [2.05, 4.69) is 15.4 Å². The number of amides is 1. The Balaban J connectivity index is 1.90. The van der Waals surface area contributed by atoms with Gasteiger partial charge >= 0.3 is 6.09 Å². The molecule has 0 spiro atoms. The summed E-state index contributed by atoms with van der Waals surface area (Å²) in [6, 6.07) is 0.108. The quantitative estimate of drug-likeness (QED) is 0.671. The van der Waals surface area contributed by atoms with Gasteiger partial charge in [0.25, 0.3) is 0 Å². The Morgan fingerprint density at radius 3 is 3.20 bits per heavy atom. The zero-order valence-corrected chi connectivity index (χ0v) is 8.20. The Morgan fingerprint density at radius 2 is 2.53 bits per heavy atom. The molecule has 1 amide bonds. The molecule has 82 valence electrons. The van der Waals surface area contributed by atoms with Gasteiger partial charge in [0.05, 0.1) is 6.54 Å². The van der Waals surface area contributed by atoms with Gasteiger partial charge in [-0.1, -0.05) is 0 Å². The van der Waals surface area contributed by atoms with Crippen LogP contribution < -0.4 is 5.32 Å². The van der Waals surface area contributed by atoms with Gasteiger partial charge in [-0.05, 0) is 0 Å². The molecule has 0 aliphatic carbocycles. The fourth-order valence-corrected chi connectivity index (χ4v) is 1.67. The number of rotatable bonds is 2. The molecule has 1 unspecified atom stereocenters. The number of nitrogens with one attached hydrogen (secondary N) is 1. The van der Waals surface area contributed by atoms with Crippen LogP contribution in [-0.2, 0) is 6.54 Å². The maximum absolute atomic E-state index is 10.8. The summed E-state index contributed by atoms with van der Waals surface area (Å²) in [6.45, 7) is 2.37. The molecule has 1 aromatic heterocycles. The fraction of sp³-hybridized carbons (Fsp3) is 0.625. The van der Waals surface area contributed by atoms with E-state index < -0.39 is 6.09 Å². The van der Waals surface area contributed by atoms with Gasteiger partial charge in [-0.2, -0.15) is 5.10 Å². The molecule has 0 aromatic carbocycles. The Kier molecular flexibility index (Phi) is 2.82. The van der Waals surface area contributed by atoms with Crippen molar-refractivity contribution in [2.75, 3.05) is 19.6 Å². The molecule has 1 fully saturated rings. The SMILES string of the molecule is O=C(O)N1CCNC(Cn2cncn2)C1. The van der Waals surface area contributed by atoms with Crippen LogP contribution in [0.15, 0.2) is 12.7 Å². The number of carboxylic acid groups (broad SMARTS) is 1. The predicted molar refractivity (Wildman–Crippen MR) is 51.4 cm³/mol. The number of hydrogen-bond acceptors (Lipinski definition) is 4. The first-order valence-electron chi connectivity index (χ1n) is 4.79. The van der Waals surface area contributed by atoms with E-state index in [-0.39, 0.29) is 6.04 Å². The molecule has 1 atom stereocenters. The van der Waals surface area contributed by atoms with Gasteiger partial charge in [0.15, 0.2) is 0 Å². The highest BCUT2D eigenvalue weighted by Gasteiger charge is 2.22. The van der Waals surface area contributed by atoms with Crippen molar-refractivity contribution in [1.29, 1.82) is 0 Å². The molecular weight excluding hydrogens is 198 g/mol. The number of carbonyl (C=O) groups is 1. The van der Waals surface area contributed by atoms with Gasteiger partial charge in [0.2, 0.25) is 0 Å². The van der Waals surface area contributed by atoms with Crippen molar-refractivity contribution in [2.45, 2.75) is 12.6 Å². The van der Waals surface area contributed by atoms with Crippen molar-refractivity contribution in [3.63, 3.8) is 0 Å². The van der Waals surface area contributed by atoms with E-state index in [4.69, 9.17) is 5.11 Å². The van der Waals surface area contributed by atoms with Gasteiger partial charge < -0.3 is 15.3 Å². The summed E-state index contributed by atoms with van der Waals surface area (Å²) in [6.07, 6.45) is 2.24. The molecule has 2 heterocycles. The van der Waals surface area contributed by atoms with E-state index in [1.165, 1.54) is 11.2 Å². The molecule has 1 aromatic rings. The Labute approximate surface area is 86.7 Å². The Hall–Kier alpha value is -1.63. The second-order valence-electron chi connectivity index (χ2n) is 3.50. The van der Waals surface area contributed by atoms with Gasteiger partial charge in [0, 0.05) is 25.7 Å². The van der Waals surface area contributed by atoms with E-state index in [0.29, 0.717) is 26.2 Å². The third kappa shape index (κ3) is 2.44. The normalized spacial score (nSPS) is 21.6. The molecule has 7 nitrogen and oxygen atoms in total. The second-order valence-corrected chi connectivity index (χ2v) is 3.50. The average molecular weight is 211 g/mol. The van der Waals surface area contributed by atoms with Crippen LogP contribution in [0.4, 0.5) is 4.79 Å². The highest BCUT2D eigenvalue weighted by atomic mass is 16.4. The summed E-state index contributed by atoms with van der Waals surface area (Å²) in [4.78, 5) is 16.0. The molecule has 1 aliphatic heterocycles. The molecule has 2 rings (SSSR count).